The molecule has 6 rings (SSSR count). The molecule has 0 radical (unpaired) electrons. The van der Waals surface area contributed by atoms with E-state index in [0.717, 1.165) is 11.1 Å². The molecule has 0 N–H and O–H groups in total. The number of nitrogens with zero attached hydrogens (tertiary/aromatic N) is 5. The maximum Gasteiger partial charge on any atom is 0.345 e. The molecule has 0 amide bonds. The van der Waals surface area contributed by atoms with Crippen LogP contribution in [0.15, 0.2) is 100 Å². The van der Waals surface area contributed by atoms with Crippen LogP contribution in [0.3, 0.4) is 0 Å². The zero-order valence-corrected chi connectivity index (χ0v) is 17.1. The van der Waals surface area contributed by atoms with Crippen LogP contribution in [0, 0.1) is 0 Å². The molecule has 0 saturated carbocycles. The zero-order chi connectivity index (χ0) is 22.4. The van der Waals surface area contributed by atoms with Gasteiger partial charge in [0.15, 0.2) is 0 Å². The minimum absolute atomic E-state index is 0.191. The molecule has 0 aliphatic carbocycles. The van der Waals surface area contributed by atoms with Gasteiger partial charge in [0, 0.05) is 11.6 Å². The Hall–Kier alpha value is -4.85. The highest BCUT2D eigenvalue weighted by molar-refractivity contribution is 6.04. The van der Waals surface area contributed by atoms with Crippen LogP contribution in [0.5, 0.6) is 0 Å². The summed E-state index contributed by atoms with van der Waals surface area (Å²) in [6, 6.07) is 25.4. The number of rotatable bonds is 3. The average Bonchev–Trinajstić information content (AvgIpc) is 3.49. The number of carbonyl (C=O) groups excluding carboxylic acids is 1. The van der Waals surface area contributed by atoms with Gasteiger partial charge in [-0.25, -0.2) is 9.48 Å². The summed E-state index contributed by atoms with van der Waals surface area (Å²) in [5.74, 6) is -0.451. The topological polar surface area (TPSA) is 95.8 Å². The highest BCUT2D eigenvalue weighted by atomic mass is 16.4. The molecule has 3 aromatic carbocycles. The second-order valence-corrected chi connectivity index (χ2v) is 7.45. The van der Waals surface area contributed by atoms with E-state index in [4.69, 9.17) is 4.42 Å². The summed E-state index contributed by atoms with van der Waals surface area (Å²) in [5.41, 5.74) is 2.38. The Morgan fingerprint density at radius 3 is 2.52 bits per heavy atom. The lowest BCUT2D eigenvalue weighted by atomic mass is 10.1. The minimum atomic E-state index is -0.579. The van der Waals surface area contributed by atoms with E-state index in [1.165, 1.54) is 4.68 Å². The third-order valence-electron chi connectivity index (χ3n) is 5.41. The molecule has 158 valence electrons. The van der Waals surface area contributed by atoms with Gasteiger partial charge in [0.25, 0.3) is 5.91 Å². The number of benzene rings is 3. The third-order valence-corrected chi connectivity index (χ3v) is 5.41. The van der Waals surface area contributed by atoms with Gasteiger partial charge in [0.1, 0.15) is 16.8 Å². The van der Waals surface area contributed by atoms with Crippen molar-refractivity contribution in [2.24, 2.45) is 0 Å². The molecule has 3 heterocycles. The summed E-state index contributed by atoms with van der Waals surface area (Å²) < 4.78 is 8.29. The van der Waals surface area contributed by atoms with Gasteiger partial charge in [0.2, 0.25) is 0 Å². The van der Waals surface area contributed by atoms with Gasteiger partial charge in [0.05, 0.1) is 22.3 Å². The van der Waals surface area contributed by atoms with E-state index in [1.807, 2.05) is 54.6 Å². The summed E-state index contributed by atoms with van der Waals surface area (Å²) >= 11 is 0. The first kappa shape index (κ1) is 18.9. The fraction of sp³-hybridized carbons (Fsp3) is 0. The first-order chi connectivity index (χ1) is 16.2. The summed E-state index contributed by atoms with van der Waals surface area (Å²) in [7, 11) is 0. The van der Waals surface area contributed by atoms with E-state index in [-0.39, 0.29) is 16.8 Å². The largest absolute Gasteiger partial charge is 0.422 e. The first-order valence-electron chi connectivity index (χ1n) is 10.2. The van der Waals surface area contributed by atoms with Gasteiger partial charge in [-0.05, 0) is 36.4 Å². The summed E-state index contributed by atoms with van der Waals surface area (Å²) in [5, 5.41) is 13.4. The number of fused-ring (bicyclic) bond motifs is 2. The van der Waals surface area contributed by atoms with E-state index in [0.29, 0.717) is 16.6 Å². The standard InChI is InChI=1S/C25H15N5O3/c31-24(30-21-12-6-5-11-20(21)26-28-30)19-15-29(17-9-2-1-3-10-17)27-23(19)18-14-16-8-4-7-13-22(16)33-25(18)32/h1-15H. The second kappa shape index (κ2) is 7.38. The zero-order valence-electron chi connectivity index (χ0n) is 17.1. The molecular weight excluding hydrogens is 418 g/mol. The number of aromatic nitrogens is 5. The van der Waals surface area contributed by atoms with Crippen molar-refractivity contribution >= 4 is 27.9 Å². The summed E-state index contributed by atoms with van der Waals surface area (Å²) in [6.07, 6.45) is 1.60. The third kappa shape index (κ3) is 3.12. The lowest BCUT2D eigenvalue weighted by Gasteiger charge is -2.03. The Labute approximate surface area is 186 Å². The van der Waals surface area contributed by atoms with E-state index < -0.39 is 11.5 Å². The van der Waals surface area contributed by atoms with Crippen molar-refractivity contribution in [3.63, 3.8) is 0 Å². The van der Waals surface area contributed by atoms with Crippen LogP contribution < -0.4 is 5.63 Å². The van der Waals surface area contributed by atoms with Crippen LogP contribution >= 0.6 is 0 Å². The van der Waals surface area contributed by atoms with Gasteiger partial charge in [-0.1, -0.05) is 53.7 Å². The fourth-order valence-corrected chi connectivity index (χ4v) is 3.80. The van der Waals surface area contributed by atoms with Crippen molar-refractivity contribution < 1.29 is 9.21 Å². The van der Waals surface area contributed by atoms with Crippen molar-refractivity contribution in [2.75, 3.05) is 0 Å². The van der Waals surface area contributed by atoms with Crippen molar-refractivity contribution in [1.29, 1.82) is 0 Å². The highest BCUT2D eigenvalue weighted by Gasteiger charge is 2.25. The van der Waals surface area contributed by atoms with Crippen molar-refractivity contribution in [3.05, 3.63) is 107 Å². The number of hydrogen-bond acceptors (Lipinski definition) is 6. The SMILES string of the molecule is O=C(c1cn(-c2ccccc2)nc1-c1cc2ccccc2oc1=O)n1nnc2ccccc21. The Morgan fingerprint density at radius 1 is 0.879 bits per heavy atom. The lowest BCUT2D eigenvalue weighted by molar-refractivity contribution is 0.0948. The lowest BCUT2D eigenvalue weighted by Crippen LogP contribution is -2.15. The van der Waals surface area contributed by atoms with Gasteiger partial charge in [-0.15, -0.1) is 5.10 Å². The van der Waals surface area contributed by atoms with Crippen LogP contribution in [0.25, 0.3) is 38.9 Å². The molecule has 0 aliphatic rings. The predicted octanol–water partition coefficient (Wildman–Crippen LogP) is 4.08. The van der Waals surface area contributed by atoms with E-state index in [1.54, 1.807) is 41.2 Å². The summed E-state index contributed by atoms with van der Waals surface area (Å²) in [6.45, 7) is 0. The average molecular weight is 433 g/mol. The Balaban J connectivity index is 1.59. The van der Waals surface area contributed by atoms with Gasteiger partial charge >= 0.3 is 5.63 Å². The second-order valence-electron chi connectivity index (χ2n) is 7.45. The van der Waals surface area contributed by atoms with Crippen LogP contribution in [0.4, 0.5) is 0 Å². The molecule has 0 fully saturated rings. The Bertz CT molecular complexity index is 1710. The summed E-state index contributed by atoms with van der Waals surface area (Å²) in [4.78, 5) is 26.5. The van der Waals surface area contributed by atoms with Crippen molar-refractivity contribution in [3.8, 4) is 16.9 Å². The Kier molecular flexibility index (Phi) is 4.22. The molecule has 33 heavy (non-hydrogen) atoms. The monoisotopic (exact) mass is 433 g/mol. The van der Waals surface area contributed by atoms with Crippen LogP contribution in [-0.2, 0) is 0 Å². The molecule has 0 unspecified atom stereocenters. The smallest absolute Gasteiger partial charge is 0.345 e. The molecular formula is C25H15N5O3. The number of hydrogen-bond donors (Lipinski definition) is 0. The van der Waals surface area contributed by atoms with Gasteiger partial charge < -0.3 is 4.42 Å². The van der Waals surface area contributed by atoms with Gasteiger partial charge in [-0.3, -0.25) is 4.79 Å². The molecule has 0 aliphatic heterocycles. The number of para-hydroxylation sites is 3. The Morgan fingerprint density at radius 2 is 1.64 bits per heavy atom. The molecule has 0 atom stereocenters. The number of carbonyl (C=O) groups is 1. The van der Waals surface area contributed by atoms with E-state index in [9.17, 15) is 9.59 Å². The maximum absolute atomic E-state index is 13.6. The quantitative estimate of drug-likeness (QED) is 0.390. The van der Waals surface area contributed by atoms with Crippen molar-refractivity contribution in [1.82, 2.24) is 24.8 Å². The molecule has 0 saturated heterocycles. The van der Waals surface area contributed by atoms with Crippen LogP contribution in [0.1, 0.15) is 10.4 Å². The molecule has 0 spiro atoms. The molecule has 8 heteroatoms. The molecule has 8 nitrogen and oxygen atoms in total. The normalized spacial score (nSPS) is 11.3. The predicted molar refractivity (Wildman–Crippen MR) is 122 cm³/mol. The van der Waals surface area contributed by atoms with Gasteiger partial charge in [-0.2, -0.15) is 9.78 Å². The van der Waals surface area contributed by atoms with Crippen molar-refractivity contribution in [2.45, 2.75) is 0 Å². The highest BCUT2D eigenvalue weighted by Crippen LogP contribution is 2.26. The minimum Gasteiger partial charge on any atom is -0.422 e. The molecule has 6 aromatic rings. The maximum atomic E-state index is 13.6. The first-order valence-corrected chi connectivity index (χ1v) is 10.2. The molecule has 3 aromatic heterocycles. The van der Waals surface area contributed by atoms with Crippen LogP contribution in [0.2, 0.25) is 0 Å². The molecule has 0 bridgehead atoms. The van der Waals surface area contributed by atoms with E-state index in [2.05, 4.69) is 15.4 Å². The van der Waals surface area contributed by atoms with E-state index >= 15 is 0 Å². The fourth-order valence-electron chi connectivity index (χ4n) is 3.80. The van der Waals surface area contributed by atoms with Crippen LogP contribution in [-0.4, -0.2) is 30.7 Å².